The van der Waals surface area contributed by atoms with Crippen LogP contribution >= 0.6 is 0 Å². The van der Waals surface area contributed by atoms with Crippen molar-refractivity contribution in [2.75, 3.05) is 11.9 Å². The zero-order valence-electron chi connectivity index (χ0n) is 13.3. The lowest BCUT2D eigenvalue weighted by Gasteiger charge is -2.11. The predicted octanol–water partition coefficient (Wildman–Crippen LogP) is 2.13. The van der Waals surface area contributed by atoms with E-state index >= 15 is 0 Å². The van der Waals surface area contributed by atoms with Gasteiger partial charge in [0.25, 0.3) is 0 Å². The first-order valence-electron chi connectivity index (χ1n) is 7.42. The van der Waals surface area contributed by atoms with Crippen molar-refractivity contribution in [2.45, 2.75) is 20.4 Å². The summed E-state index contributed by atoms with van der Waals surface area (Å²) in [4.78, 5) is 23.1. The third-order valence-electron chi connectivity index (χ3n) is 3.53. The number of primary amides is 1. The van der Waals surface area contributed by atoms with E-state index in [0.717, 1.165) is 22.4 Å². The molecule has 0 aliphatic rings. The van der Waals surface area contributed by atoms with Gasteiger partial charge in [0.1, 0.15) is 0 Å². The second-order valence-electron chi connectivity index (χ2n) is 5.51. The molecule has 0 aliphatic heterocycles. The lowest BCUT2D eigenvalue weighted by molar-refractivity contribution is -0.119. The number of hydrogen-bond acceptors (Lipinski definition) is 3. The van der Waals surface area contributed by atoms with E-state index in [9.17, 15) is 9.59 Å². The van der Waals surface area contributed by atoms with Gasteiger partial charge in [-0.1, -0.05) is 35.9 Å². The van der Waals surface area contributed by atoms with Crippen LogP contribution in [0.3, 0.4) is 0 Å². The topological polar surface area (TPSA) is 84.2 Å². The van der Waals surface area contributed by atoms with Crippen LogP contribution in [-0.2, 0) is 11.3 Å². The van der Waals surface area contributed by atoms with Crippen LogP contribution < -0.4 is 16.4 Å². The second-order valence-corrected chi connectivity index (χ2v) is 5.51. The highest BCUT2D eigenvalue weighted by Crippen LogP contribution is 2.16. The van der Waals surface area contributed by atoms with Crippen molar-refractivity contribution in [1.82, 2.24) is 5.32 Å². The van der Waals surface area contributed by atoms with Crippen LogP contribution in [0.4, 0.5) is 5.69 Å². The number of carbonyl (C=O) groups excluding carboxylic acids is 2. The van der Waals surface area contributed by atoms with Crippen LogP contribution in [0.1, 0.15) is 27.0 Å². The third-order valence-corrected chi connectivity index (χ3v) is 3.53. The van der Waals surface area contributed by atoms with E-state index in [1.54, 1.807) is 18.2 Å². The molecule has 0 fully saturated rings. The molecule has 5 heteroatoms. The predicted molar refractivity (Wildman–Crippen MR) is 91.2 cm³/mol. The first-order valence-corrected chi connectivity index (χ1v) is 7.42. The van der Waals surface area contributed by atoms with E-state index in [1.807, 2.05) is 38.1 Å². The molecule has 2 aromatic rings. The van der Waals surface area contributed by atoms with Gasteiger partial charge in [0, 0.05) is 17.8 Å². The van der Waals surface area contributed by atoms with Gasteiger partial charge >= 0.3 is 0 Å². The van der Waals surface area contributed by atoms with E-state index in [2.05, 4.69) is 10.6 Å². The van der Waals surface area contributed by atoms with Gasteiger partial charge in [0.2, 0.25) is 11.8 Å². The molecule has 0 aromatic heterocycles. The average Bonchev–Trinajstić information content (AvgIpc) is 2.52. The van der Waals surface area contributed by atoms with Crippen molar-refractivity contribution >= 4 is 17.5 Å². The largest absolute Gasteiger partial charge is 0.376 e. The lowest BCUT2D eigenvalue weighted by Crippen LogP contribution is -2.29. The molecule has 120 valence electrons. The Labute approximate surface area is 135 Å². The molecular weight excluding hydrogens is 290 g/mol. The van der Waals surface area contributed by atoms with Gasteiger partial charge in [-0.3, -0.25) is 9.59 Å². The van der Waals surface area contributed by atoms with Gasteiger partial charge in [-0.05, 0) is 37.1 Å². The summed E-state index contributed by atoms with van der Waals surface area (Å²) in [5, 5.41) is 5.90. The fraction of sp³-hybridized carbons (Fsp3) is 0.222. The Balaban J connectivity index is 1.89. The highest BCUT2D eigenvalue weighted by Gasteiger charge is 2.06. The summed E-state index contributed by atoms with van der Waals surface area (Å²) < 4.78 is 0. The smallest absolute Gasteiger partial charge is 0.248 e. The molecule has 0 aliphatic carbocycles. The van der Waals surface area contributed by atoms with Crippen molar-refractivity contribution in [3.05, 3.63) is 64.7 Å². The first kappa shape index (κ1) is 16.5. The number of carbonyl (C=O) groups is 2. The second kappa shape index (κ2) is 7.45. The maximum atomic E-state index is 11.9. The molecular formula is C18H21N3O2. The van der Waals surface area contributed by atoms with Gasteiger partial charge < -0.3 is 16.4 Å². The normalized spacial score (nSPS) is 10.2. The van der Waals surface area contributed by atoms with Crippen LogP contribution in [0.2, 0.25) is 0 Å². The summed E-state index contributed by atoms with van der Waals surface area (Å²) in [7, 11) is 0. The SMILES string of the molecule is Cc1cccc(CNC(=O)CNc2cc(C(N)=O)ccc2C)c1. The average molecular weight is 311 g/mol. The van der Waals surface area contributed by atoms with E-state index in [-0.39, 0.29) is 12.5 Å². The van der Waals surface area contributed by atoms with Crippen molar-refractivity contribution in [3.63, 3.8) is 0 Å². The molecule has 0 spiro atoms. The van der Waals surface area contributed by atoms with Crippen LogP contribution in [0.25, 0.3) is 0 Å². The van der Waals surface area contributed by atoms with Crippen LogP contribution in [0.5, 0.6) is 0 Å². The number of aryl methyl sites for hydroxylation is 2. The fourth-order valence-corrected chi connectivity index (χ4v) is 2.23. The van der Waals surface area contributed by atoms with Gasteiger partial charge in [-0.25, -0.2) is 0 Å². The minimum Gasteiger partial charge on any atom is -0.376 e. The summed E-state index contributed by atoms with van der Waals surface area (Å²) in [6, 6.07) is 13.1. The number of benzene rings is 2. The number of amides is 2. The summed E-state index contributed by atoms with van der Waals surface area (Å²) in [6.45, 7) is 4.54. The molecule has 23 heavy (non-hydrogen) atoms. The van der Waals surface area contributed by atoms with Gasteiger partial charge in [-0.15, -0.1) is 0 Å². The van der Waals surface area contributed by atoms with Crippen LogP contribution in [0.15, 0.2) is 42.5 Å². The molecule has 0 saturated carbocycles. The molecule has 2 aromatic carbocycles. The van der Waals surface area contributed by atoms with Crippen molar-refractivity contribution in [1.29, 1.82) is 0 Å². The summed E-state index contributed by atoms with van der Waals surface area (Å²) in [5.41, 5.74) is 9.58. The summed E-state index contributed by atoms with van der Waals surface area (Å²) in [5.74, 6) is -0.604. The number of nitrogens with one attached hydrogen (secondary N) is 2. The Morgan fingerprint density at radius 3 is 2.57 bits per heavy atom. The molecule has 4 N–H and O–H groups in total. The first-order chi connectivity index (χ1) is 11.0. The van der Waals surface area contributed by atoms with E-state index in [1.165, 1.54) is 0 Å². The standard InChI is InChI=1S/C18H21N3O2/c1-12-4-3-5-14(8-12)10-21-17(22)11-20-16-9-15(18(19)23)7-6-13(16)2/h3-9,20H,10-11H2,1-2H3,(H2,19,23)(H,21,22). The zero-order chi connectivity index (χ0) is 16.8. The van der Waals surface area contributed by atoms with Crippen molar-refractivity contribution in [3.8, 4) is 0 Å². The number of hydrogen-bond donors (Lipinski definition) is 3. The maximum Gasteiger partial charge on any atom is 0.248 e. The Hall–Kier alpha value is -2.82. The Bertz CT molecular complexity index is 726. The number of nitrogens with two attached hydrogens (primary N) is 1. The fourth-order valence-electron chi connectivity index (χ4n) is 2.23. The molecule has 5 nitrogen and oxygen atoms in total. The minimum atomic E-state index is -0.489. The Morgan fingerprint density at radius 1 is 1.09 bits per heavy atom. The molecule has 0 saturated heterocycles. The summed E-state index contributed by atoms with van der Waals surface area (Å²) >= 11 is 0. The number of anilines is 1. The Morgan fingerprint density at radius 2 is 1.87 bits per heavy atom. The highest BCUT2D eigenvalue weighted by atomic mass is 16.2. The molecule has 0 heterocycles. The Kier molecular flexibility index (Phi) is 5.36. The molecule has 2 rings (SSSR count). The highest BCUT2D eigenvalue weighted by molar-refractivity contribution is 5.94. The zero-order valence-corrected chi connectivity index (χ0v) is 13.3. The van der Waals surface area contributed by atoms with Crippen molar-refractivity contribution in [2.24, 2.45) is 5.73 Å². The van der Waals surface area contributed by atoms with Gasteiger partial charge in [0.05, 0.1) is 6.54 Å². The third kappa shape index (κ3) is 4.85. The van der Waals surface area contributed by atoms with E-state index in [4.69, 9.17) is 5.73 Å². The minimum absolute atomic E-state index is 0.115. The van der Waals surface area contributed by atoms with Gasteiger partial charge in [0.15, 0.2) is 0 Å². The van der Waals surface area contributed by atoms with Crippen molar-refractivity contribution < 1.29 is 9.59 Å². The quantitative estimate of drug-likeness (QED) is 0.764. The van der Waals surface area contributed by atoms with Crippen LogP contribution in [-0.4, -0.2) is 18.4 Å². The van der Waals surface area contributed by atoms with Gasteiger partial charge in [-0.2, -0.15) is 0 Å². The number of rotatable bonds is 6. The lowest BCUT2D eigenvalue weighted by atomic mass is 10.1. The molecule has 2 amide bonds. The molecule has 0 unspecified atom stereocenters. The molecule has 0 bridgehead atoms. The molecule has 0 atom stereocenters. The summed E-state index contributed by atoms with van der Waals surface area (Å²) in [6.07, 6.45) is 0. The molecule has 0 radical (unpaired) electrons. The van der Waals surface area contributed by atoms with Crippen LogP contribution in [0, 0.1) is 13.8 Å². The monoisotopic (exact) mass is 311 g/mol. The maximum absolute atomic E-state index is 11.9. The van der Waals surface area contributed by atoms with E-state index < -0.39 is 5.91 Å². The van der Waals surface area contributed by atoms with E-state index in [0.29, 0.717) is 12.1 Å².